The van der Waals surface area contributed by atoms with Crippen molar-refractivity contribution in [2.75, 3.05) is 27.2 Å². The topological polar surface area (TPSA) is 61.6 Å². The van der Waals surface area contributed by atoms with E-state index < -0.39 is 0 Å². The van der Waals surface area contributed by atoms with Crippen LogP contribution in [0.5, 0.6) is 0 Å². The predicted octanol–water partition coefficient (Wildman–Crippen LogP) is 1.06. The first kappa shape index (κ1) is 16.6. The zero-order valence-corrected chi connectivity index (χ0v) is 12.9. The van der Waals surface area contributed by atoms with E-state index in [1.54, 1.807) is 0 Å². The maximum Gasteiger partial charge on any atom is 0.265 e. The number of nitrogens with one attached hydrogen (secondary N) is 1. The Morgan fingerprint density at radius 1 is 1.30 bits per heavy atom. The molecular weight excluding hydrogens is 252 g/mol. The van der Waals surface area contributed by atoms with Gasteiger partial charge in [0.25, 0.3) is 5.91 Å². The van der Waals surface area contributed by atoms with Crippen LogP contribution >= 0.6 is 0 Å². The van der Waals surface area contributed by atoms with E-state index in [4.69, 9.17) is 5.84 Å². The highest BCUT2D eigenvalue weighted by molar-refractivity contribution is 5.93. The first-order chi connectivity index (χ1) is 9.47. The van der Waals surface area contributed by atoms with Gasteiger partial charge in [-0.15, -0.1) is 0 Å². The van der Waals surface area contributed by atoms with E-state index in [9.17, 15) is 4.79 Å². The van der Waals surface area contributed by atoms with Crippen molar-refractivity contribution in [2.45, 2.75) is 26.4 Å². The summed E-state index contributed by atoms with van der Waals surface area (Å²) < 4.78 is 0. The molecule has 20 heavy (non-hydrogen) atoms. The number of amides is 1. The summed E-state index contributed by atoms with van der Waals surface area (Å²) in [4.78, 5) is 16.0. The van der Waals surface area contributed by atoms with E-state index in [1.807, 2.05) is 24.3 Å². The van der Waals surface area contributed by atoms with Gasteiger partial charge in [-0.3, -0.25) is 15.1 Å². The lowest BCUT2D eigenvalue weighted by Gasteiger charge is -2.30. The van der Waals surface area contributed by atoms with Gasteiger partial charge in [-0.1, -0.05) is 19.1 Å². The van der Waals surface area contributed by atoms with E-state index in [-0.39, 0.29) is 5.91 Å². The van der Waals surface area contributed by atoms with Gasteiger partial charge in [0.15, 0.2) is 0 Å². The van der Waals surface area contributed by atoms with Gasteiger partial charge in [-0.25, -0.2) is 5.84 Å². The molecule has 1 aromatic rings. The minimum atomic E-state index is -0.259. The Hall–Kier alpha value is -1.43. The largest absolute Gasteiger partial charge is 0.308 e. The highest BCUT2D eigenvalue weighted by Gasteiger charge is 2.13. The molecule has 0 spiro atoms. The highest BCUT2D eigenvalue weighted by Crippen LogP contribution is 2.10. The van der Waals surface area contributed by atoms with Gasteiger partial charge in [0.2, 0.25) is 0 Å². The van der Waals surface area contributed by atoms with Crippen LogP contribution in [0.2, 0.25) is 0 Å². The molecule has 112 valence electrons. The average molecular weight is 278 g/mol. The molecular formula is C15H26N4O. The SMILES string of the molecule is CCN(Cc1ccc(C(=O)NN)cc1)C(C)CN(C)C. The predicted molar refractivity (Wildman–Crippen MR) is 82.2 cm³/mol. The minimum Gasteiger partial charge on any atom is -0.308 e. The van der Waals surface area contributed by atoms with E-state index in [0.717, 1.165) is 19.6 Å². The van der Waals surface area contributed by atoms with Gasteiger partial charge < -0.3 is 4.90 Å². The summed E-state index contributed by atoms with van der Waals surface area (Å²) >= 11 is 0. The van der Waals surface area contributed by atoms with Gasteiger partial charge in [0, 0.05) is 24.7 Å². The molecule has 0 fully saturated rings. The van der Waals surface area contributed by atoms with E-state index in [2.05, 4.69) is 43.2 Å². The summed E-state index contributed by atoms with van der Waals surface area (Å²) in [6.07, 6.45) is 0. The molecule has 0 aliphatic heterocycles. The van der Waals surface area contributed by atoms with Crippen LogP contribution in [0.4, 0.5) is 0 Å². The Morgan fingerprint density at radius 3 is 2.35 bits per heavy atom. The van der Waals surface area contributed by atoms with Gasteiger partial charge >= 0.3 is 0 Å². The first-order valence-electron chi connectivity index (χ1n) is 6.96. The molecule has 1 amide bonds. The fourth-order valence-electron chi connectivity index (χ4n) is 2.30. The molecule has 5 heteroatoms. The van der Waals surface area contributed by atoms with Crippen molar-refractivity contribution in [3.63, 3.8) is 0 Å². The quantitative estimate of drug-likeness (QED) is 0.445. The van der Waals surface area contributed by atoms with E-state index in [0.29, 0.717) is 11.6 Å². The fraction of sp³-hybridized carbons (Fsp3) is 0.533. The Labute approximate surface area is 121 Å². The van der Waals surface area contributed by atoms with Crippen molar-refractivity contribution in [3.8, 4) is 0 Å². The third-order valence-corrected chi connectivity index (χ3v) is 3.39. The monoisotopic (exact) mass is 278 g/mol. The summed E-state index contributed by atoms with van der Waals surface area (Å²) in [6, 6.07) is 8.07. The van der Waals surface area contributed by atoms with Crippen molar-refractivity contribution in [1.29, 1.82) is 0 Å². The summed E-state index contributed by atoms with van der Waals surface area (Å²) in [5.41, 5.74) is 3.92. The molecule has 3 N–H and O–H groups in total. The van der Waals surface area contributed by atoms with Crippen LogP contribution in [0.25, 0.3) is 0 Å². The average Bonchev–Trinajstić information content (AvgIpc) is 2.43. The minimum absolute atomic E-state index is 0.259. The molecule has 0 saturated heterocycles. The van der Waals surface area contributed by atoms with Crippen LogP contribution in [0.15, 0.2) is 24.3 Å². The third-order valence-electron chi connectivity index (χ3n) is 3.39. The molecule has 0 radical (unpaired) electrons. The molecule has 1 aromatic carbocycles. The van der Waals surface area contributed by atoms with Crippen LogP contribution in [0.1, 0.15) is 29.8 Å². The summed E-state index contributed by atoms with van der Waals surface area (Å²) in [7, 11) is 4.18. The van der Waals surface area contributed by atoms with Crippen LogP contribution < -0.4 is 11.3 Å². The number of hydrazine groups is 1. The summed E-state index contributed by atoms with van der Waals surface area (Å²) in [5.74, 6) is 4.86. The molecule has 0 aliphatic rings. The molecule has 0 bridgehead atoms. The number of nitrogens with two attached hydrogens (primary N) is 1. The van der Waals surface area contributed by atoms with Gasteiger partial charge in [0.1, 0.15) is 0 Å². The molecule has 1 rings (SSSR count). The second kappa shape index (κ2) is 7.99. The Kier molecular flexibility index (Phi) is 6.64. The molecule has 0 saturated carbocycles. The molecule has 0 aromatic heterocycles. The number of nitrogens with zero attached hydrogens (tertiary/aromatic N) is 2. The number of rotatable bonds is 7. The van der Waals surface area contributed by atoms with Gasteiger partial charge in [-0.2, -0.15) is 0 Å². The van der Waals surface area contributed by atoms with Crippen LogP contribution in [-0.2, 0) is 6.54 Å². The third kappa shape index (κ3) is 4.92. The lowest BCUT2D eigenvalue weighted by atomic mass is 10.1. The standard InChI is InChI=1S/C15H26N4O/c1-5-19(12(2)10-18(3)4)11-13-6-8-14(9-7-13)15(20)17-16/h6-9,12H,5,10-11,16H2,1-4H3,(H,17,20). The van der Waals surface area contributed by atoms with Crippen molar-refractivity contribution in [1.82, 2.24) is 15.2 Å². The lowest BCUT2D eigenvalue weighted by molar-refractivity contribution is 0.0953. The smallest absolute Gasteiger partial charge is 0.265 e. The molecule has 0 heterocycles. The number of benzene rings is 1. The number of carbonyl (C=O) groups is 1. The van der Waals surface area contributed by atoms with Crippen molar-refractivity contribution in [2.24, 2.45) is 5.84 Å². The lowest BCUT2D eigenvalue weighted by Crippen LogP contribution is -2.39. The number of nitrogen functional groups attached to an aromatic ring is 1. The zero-order chi connectivity index (χ0) is 15.1. The summed E-state index contributed by atoms with van der Waals surface area (Å²) in [5, 5.41) is 0. The first-order valence-corrected chi connectivity index (χ1v) is 6.96. The van der Waals surface area contributed by atoms with Crippen molar-refractivity contribution in [3.05, 3.63) is 35.4 Å². The fourth-order valence-corrected chi connectivity index (χ4v) is 2.30. The summed E-state index contributed by atoms with van der Waals surface area (Å²) in [6.45, 7) is 7.32. The maximum absolute atomic E-state index is 11.4. The van der Waals surface area contributed by atoms with Crippen molar-refractivity contribution >= 4 is 5.91 Å². The maximum atomic E-state index is 11.4. The Bertz CT molecular complexity index is 416. The van der Waals surface area contributed by atoms with E-state index in [1.165, 1.54) is 5.56 Å². The normalized spacial score (nSPS) is 12.8. The highest BCUT2D eigenvalue weighted by atomic mass is 16.2. The molecule has 5 nitrogen and oxygen atoms in total. The number of hydrogen-bond donors (Lipinski definition) is 2. The Balaban J connectivity index is 2.68. The Morgan fingerprint density at radius 2 is 1.90 bits per heavy atom. The van der Waals surface area contributed by atoms with Crippen LogP contribution in [0.3, 0.4) is 0 Å². The second-order valence-corrected chi connectivity index (χ2v) is 5.34. The van der Waals surface area contributed by atoms with Gasteiger partial charge in [0.05, 0.1) is 0 Å². The van der Waals surface area contributed by atoms with Crippen molar-refractivity contribution < 1.29 is 4.79 Å². The molecule has 1 atom stereocenters. The number of carbonyl (C=O) groups excluding carboxylic acids is 1. The zero-order valence-electron chi connectivity index (χ0n) is 12.9. The van der Waals surface area contributed by atoms with E-state index >= 15 is 0 Å². The van der Waals surface area contributed by atoms with Gasteiger partial charge in [-0.05, 0) is 45.3 Å². The number of likely N-dealkylation sites (N-methyl/N-ethyl adjacent to an activating group) is 2. The van der Waals surface area contributed by atoms with Crippen LogP contribution in [-0.4, -0.2) is 48.9 Å². The molecule has 1 unspecified atom stereocenters. The van der Waals surface area contributed by atoms with Crippen LogP contribution in [0, 0.1) is 0 Å². The second-order valence-electron chi connectivity index (χ2n) is 5.34. The number of hydrogen-bond acceptors (Lipinski definition) is 4. The molecule has 0 aliphatic carbocycles.